The molecule has 0 aromatic heterocycles. The van der Waals surface area contributed by atoms with Crippen LogP contribution in [0.25, 0.3) is 0 Å². The van der Waals surface area contributed by atoms with Gasteiger partial charge in [-0.15, -0.1) is 0 Å². The molecule has 0 saturated carbocycles. The Kier molecular flexibility index (Phi) is 3.45. The molecule has 0 spiro atoms. The first kappa shape index (κ1) is 10.2. The molecular formula is C9H17N3O. The number of hydrogen-bond donors (Lipinski definition) is 3. The Hall–Kier alpha value is -0.870. The summed E-state index contributed by atoms with van der Waals surface area (Å²) in [5.74, 6) is 0.446. The van der Waals surface area contributed by atoms with Gasteiger partial charge in [-0.05, 0) is 31.8 Å². The van der Waals surface area contributed by atoms with Gasteiger partial charge in [0.05, 0.1) is 0 Å². The highest BCUT2D eigenvalue weighted by molar-refractivity contribution is 5.97. The van der Waals surface area contributed by atoms with Crippen molar-refractivity contribution in [3.8, 4) is 0 Å². The molecule has 0 fully saturated rings. The van der Waals surface area contributed by atoms with Crippen LogP contribution in [0, 0.1) is 0 Å². The second-order valence-electron chi connectivity index (χ2n) is 3.41. The lowest BCUT2D eigenvalue weighted by atomic mass is 9.95. The molecule has 4 heteroatoms. The number of aliphatic hydroxyl groups is 1. The lowest BCUT2D eigenvalue weighted by molar-refractivity contribution is 0.205. The largest absolute Gasteiger partial charge is 0.384 e. The Morgan fingerprint density at radius 2 is 2.46 bits per heavy atom. The topological polar surface area (TPSA) is 84.6 Å². The number of amidine groups is 1. The van der Waals surface area contributed by atoms with E-state index in [-0.39, 0.29) is 6.04 Å². The number of nitrogens with zero attached hydrogens (tertiary/aromatic N) is 1. The Labute approximate surface area is 78.3 Å². The quantitative estimate of drug-likeness (QED) is 0.420. The minimum absolute atomic E-state index is 0.253. The zero-order valence-electron chi connectivity index (χ0n) is 7.90. The molecule has 0 radical (unpaired) electrons. The van der Waals surface area contributed by atoms with E-state index in [1.54, 1.807) is 6.92 Å². The molecule has 74 valence electrons. The number of rotatable bonds is 2. The minimum atomic E-state index is -0.725. The molecule has 0 amide bonds. The molecule has 0 aromatic rings. The maximum Gasteiger partial charge on any atom is 0.144 e. The van der Waals surface area contributed by atoms with Crippen LogP contribution in [0.3, 0.4) is 0 Å². The second-order valence-corrected chi connectivity index (χ2v) is 3.41. The van der Waals surface area contributed by atoms with Crippen LogP contribution < -0.4 is 11.5 Å². The van der Waals surface area contributed by atoms with Gasteiger partial charge in [-0.2, -0.15) is 0 Å². The van der Waals surface area contributed by atoms with E-state index in [2.05, 4.69) is 4.99 Å². The minimum Gasteiger partial charge on any atom is -0.384 e. The predicted molar refractivity (Wildman–Crippen MR) is 53.2 cm³/mol. The van der Waals surface area contributed by atoms with E-state index in [0.717, 1.165) is 24.8 Å². The van der Waals surface area contributed by atoms with Gasteiger partial charge in [-0.25, -0.2) is 4.99 Å². The van der Waals surface area contributed by atoms with E-state index in [4.69, 9.17) is 16.6 Å². The van der Waals surface area contributed by atoms with Crippen LogP contribution in [0.1, 0.15) is 26.2 Å². The third-order valence-corrected chi connectivity index (χ3v) is 2.11. The van der Waals surface area contributed by atoms with Crippen molar-refractivity contribution in [3.63, 3.8) is 0 Å². The summed E-state index contributed by atoms with van der Waals surface area (Å²) in [4.78, 5) is 3.87. The van der Waals surface area contributed by atoms with Gasteiger partial charge in [-0.3, -0.25) is 0 Å². The van der Waals surface area contributed by atoms with Crippen LogP contribution in [0.2, 0.25) is 0 Å². The second kappa shape index (κ2) is 4.39. The van der Waals surface area contributed by atoms with Crippen LogP contribution >= 0.6 is 0 Å². The maximum absolute atomic E-state index is 8.99. The molecule has 1 aliphatic rings. The van der Waals surface area contributed by atoms with E-state index >= 15 is 0 Å². The molecular weight excluding hydrogens is 166 g/mol. The van der Waals surface area contributed by atoms with Crippen molar-refractivity contribution in [2.45, 2.75) is 38.5 Å². The van der Waals surface area contributed by atoms with Crippen LogP contribution in [0.5, 0.6) is 0 Å². The average molecular weight is 183 g/mol. The molecule has 4 nitrogen and oxygen atoms in total. The fourth-order valence-corrected chi connectivity index (χ4v) is 1.37. The van der Waals surface area contributed by atoms with Gasteiger partial charge >= 0.3 is 0 Å². The number of hydrogen-bond acceptors (Lipinski definition) is 3. The summed E-state index contributed by atoms with van der Waals surface area (Å²) in [5, 5.41) is 8.99. The van der Waals surface area contributed by atoms with Crippen LogP contribution in [0.4, 0.5) is 0 Å². The molecule has 0 aromatic carbocycles. The van der Waals surface area contributed by atoms with Crippen LogP contribution in [-0.2, 0) is 0 Å². The van der Waals surface area contributed by atoms with E-state index in [0.29, 0.717) is 5.84 Å². The fourth-order valence-electron chi connectivity index (χ4n) is 1.37. The summed E-state index contributed by atoms with van der Waals surface area (Å²) in [7, 11) is 0. The summed E-state index contributed by atoms with van der Waals surface area (Å²) in [5.41, 5.74) is 12.4. The van der Waals surface area contributed by atoms with Gasteiger partial charge in [0, 0.05) is 6.04 Å². The van der Waals surface area contributed by atoms with Crippen molar-refractivity contribution in [1.82, 2.24) is 0 Å². The third kappa shape index (κ3) is 3.16. The molecule has 0 saturated heterocycles. The third-order valence-electron chi connectivity index (χ3n) is 2.11. The average Bonchev–Trinajstić information content (AvgIpc) is 2.04. The molecule has 1 aliphatic carbocycles. The SMILES string of the molecule is CC(O)N=C(N)C1=CCC(N)CC1. The Morgan fingerprint density at radius 3 is 2.92 bits per heavy atom. The number of aliphatic hydroxyl groups excluding tert-OH is 1. The Balaban J connectivity index is 2.62. The van der Waals surface area contributed by atoms with E-state index in [1.165, 1.54) is 0 Å². The Bertz CT molecular complexity index is 233. The van der Waals surface area contributed by atoms with Gasteiger partial charge in [0.25, 0.3) is 0 Å². The normalized spacial score (nSPS) is 26.8. The van der Waals surface area contributed by atoms with Gasteiger partial charge in [0.2, 0.25) is 0 Å². The predicted octanol–water partition coefficient (Wildman–Crippen LogP) is 0.119. The molecule has 2 unspecified atom stereocenters. The van der Waals surface area contributed by atoms with E-state index in [9.17, 15) is 0 Å². The van der Waals surface area contributed by atoms with Crippen molar-refractivity contribution in [2.75, 3.05) is 0 Å². The first-order chi connectivity index (χ1) is 6.09. The van der Waals surface area contributed by atoms with Crippen molar-refractivity contribution in [2.24, 2.45) is 16.5 Å². The summed E-state index contributed by atoms with van der Waals surface area (Å²) >= 11 is 0. The Morgan fingerprint density at radius 1 is 1.77 bits per heavy atom. The highest BCUT2D eigenvalue weighted by atomic mass is 16.3. The lowest BCUT2D eigenvalue weighted by Crippen LogP contribution is -2.26. The summed E-state index contributed by atoms with van der Waals surface area (Å²) in [6.07, 6.45) is 3.95. The van der Waals surface area contributed by atoms with Gasteiger partial charge in [0.1, 0.15) is 12.1 Å². The standard InChI is InChI=1S/C9H17N3O/c1-6(13)12-9(11)7-2-4-8(10)5-3-7/h2,6,8,13H,3-5,10H2,1H3,(H2,11,12). The van der Waals surface area contributed by atoms with Gasteiger partial charge < -0.3 is 16.6 Å². The van der Waals surface area contributed by atoms with Gasteiger partial charge in [-0.1, -0.05) is 6.08 Å². The summed E-state index contributed by atoms with van der Waals surface area (Å²) < 4.78 is 0. The van der Waals surface area contributed by atoms with E-state index in [1.807, 2.05) is 6.08 Å². The molecule has 0 heterocycles. The number of nitrogens with two attached hydrogens (primary N) is 2. The van der Waals surface area contributed by atoms with Crippen molar-refractivity contribution >= 4 is 5.84 Å². The van der Waals surface area contributed by atoms with Crippen molar-refractivity contribution < 1.29 is 5.11 Å². The molecule has 0 bridgehead atoms. The highest BCUT2D eigenvalue weighted by Gasteiger charge is 2.12. The molecule has 5 N–H and O–H groups in total. The highest BCUT2D eigenvalue weighted by Crippen LogP contribution is 2.16. The first-order valence-corrected chi connectivity index (χ1v) is 4.56. The fraction of sp³-hybridized carbons (Fsp3) is 0.667. The molecule has 2 atom stereocenters. The zero-order chi connectivity index (χ0) is 9.84. The summed E-state index contributed by atoms with van der Waals surface area (Å²) in [6, 6.07) is 0.253. The smallest absolute Gasteiger partial charge is 0.144 e. The van der Waals surface area contributed by atoms with Crippen molar-refractivity contribution in [3.05, 3.63) is 11.6 Å². The molecule has 13 heavy (non-hydrogen) atoms. The van der Waals surface area contributed by atoms with Crippen LogP contribution in [0.15, 0.2) is 16.6 Å². The lowest BCUT2D eigenvalue weighted by Gasteiger charge is -2.17. The van der Waals surface area contributed by atoms with E-state index < -0.39 is 6.23 Å². The molecule has 1 rings (SSSR count). The maximum atomic E-state index is 8.99. The van der Waals surface area contributed by atoms with Crippen LogP contribution in [-0.4, -0.2) is 23.2 Å². The van der Waals surface area contributed by atoms with Gasteiger partial charge in [0.15, 0.2) is 0 Å². The number of aliphatic imine (C=N–C) groups is 1. The molecule has 0 aliphatic heterocycles. The zero-order valence-corrected chi connectivity index (χ0v) is 7.90. The van der Waals surface area contributed by atoms with Crippen molar-refractivity contribution in [1.29, 1.82) is 0 Å². The first-order valence-electron chi connectivity index (χ1n) is 4.56. The summed E-state index contributed by atoms with van der Waals surface area (Å²) in [6.45, 7) is 1.59. The monoisotopic (exact) mass is 183 g/mol.